The van der Waals surface area contributed by atoms with Crippen LogP contribution in [0.1, 0.15) is 22.3 Å². The number of benzene rings is 2. The molecule has 0 aliphatic carbocycles. The summed E-state index contributed by atoms with van der Waals surface area (Å²) < 4.78 is 10.7. The summed E-state index contributed by atoms with van der Waals surface area (Å²) >= 11 is 0. The average molecular weight is 333 g/mol. The molecule has 0 saturated heterocycles. The number of carbonyl (C=O) groups excluding carboxylic acids is 1. The van der Waals surface area contributed by atoms with Gasteiger partial charge in [0.05, 0.1) is 0 Å². The van der Waals surface area contributed by atoms with Crippen molar-refractivity contribution < 1.29 is 14.3 Å². The second-order valence-electron chi connectivity index (χ2n) is 6.17. The van der Waals surface area contributed by atoms with E-state index in [1.165, 1.54) is 23.7 Å². The van der Waals surface area contributed by atoms with Gasteiger partial charge < -0.3 is 9.47 Å². The SMILES string of the molecule is O=C(CCN1CC=C(c2ccccc2)C1)c1ccc2c(c1)OC=CO2. The lowest BCUT2D eigenvalue weighted by atomic mass is 10.1. The number of ketones is 1. The number of fused-ring (bicyclic) bond motifs is 1. The molecule has 0 aromatic heterocycles. The van der Waals surface area contributed by atoms with Gasteiger partial charge in [-0.05, 0) is 29.3 Å². The predicted octanol–water partition coefficient (Wildman–Crippen LogP) is 3.90. The third-order valence-electron chi connectivity index (χ3n) is 4.50. The van der Waals surface area contributed by atoms with E-state index in [9.17, 15) is 4.79 Å². The summed E-state index contributed by atoms with van der Waals surface area (Å²) in [5.74, 6) is 1.34. The van der Waals surface area contributed by atoms with Crippen molar-refractivity contribution in [2.24, 2.45) is 0 Å². The summed E-state index contributed by atoms with van der Waals surface area (Å²) in [6.45, 7) is 2.53. The van der Waals surface area contributed by atoms with Gasteiger partial charge >= 0.3 is 0 Å². The number of hydrogen-bond acceptors (Lipinski definition) is 4. The molecular formula is C21H19NO3. The number of ether oxygens (including phenoxy) is 2. The lowest BCUT2D eigenvalue weighted by Crippen LogP contribution is -2.24. The zero-order valence-electron chi connectivity index (χ0n) is 13.9. The smallest absolute Gasteiger partial charge is 0.169 e. The molecule has 2 aromatic rings. The van der Waals surface area contributed by atoms with E-state index in [0.717, 1.165) is 19.6 Å². The van der Waals surface area contributed by atoms with Gasteiger partial charge in [0.1, 0.15) is 12.5 Å². The third-order valence-corrected chi connectivity index (χ3v) is 4.50. The first-order chi connectivity index (χ1) is 12.3. The maximum absolute atomic E-state index is 12.5. The van der Waals surface area contributed by atoms with Crippen LogP contribution in [0.15, 0.2) is 67.1 Å². The highest BCUT2D eigenvalue weighted by atomic mass is 16.5. The van der Waals surface area contributed by atoms with E-state index in [0.29, 0.717) is 23.5 Å². The van der Waals surface area contributed by atoms with Crippen molar-refractivity contribution in [3.05, 3.63) is 78.3 Å². The molecule has 0 fully saturated rings. The van der Waals surface area contributed by atoms with Crippen LogP contribution < -0.4 is 9.47 Å². The van der Waals surface area contributed by atoms with Gasteiger partial charge in [-0.3, -0.25) is 9.69 Å². The molecule has 2 aromatic carbocycles. The first kappa shape index (κ1) is 15.7. The van der Waals surface area contributed by atoms with Crippen molar-refractivity contribution in [3.8, 4) is 11.5 Å². The molecule has 0 saturated carbocycles. The van der Waals surface area contributed by atoms with Crippen LogP contribution in [0, 0.1) is 0 Å². The topological polar surface area (TPSA) is 38.8 Å². The van der Waals surface area contributed by atoms with Gasteiger partial charge in [-0.15, -0.1) is 0 Å². The Kier molecular flexibility index (Phi) is 4.36. The van der Waals surface area contributed by atoms with Crippen LogP contribution in [0.3, 0.4) is 0 Å². The molecule has 0 N–H and O–H groups in total. The van der Waals surface area contributed by atoms with Crippen molar-refractivity contribution in [2.75, 3.05) is 19.6 Å². The standard InChI is InChI=1S/C21H19NO3/c23-19(17-6-7-20-21(14-17)25-13-12-24-20)9-11-22-10-8-18(15-22)16-4-2-1-3-5-16/h1-8,12-14H,9-11,15H2. The molecule has 4 nitrogen and oxygen atoms in total. The Hall–Kier alpha value is -2.85. The van der Waals surface area contributed by atoms with Crippen molar-refractivity contribution in [1.29, 1.82) is 0 Å². The van der Waals surface area contributed by atoms with Crippen molar-refractivity contribution in [1.82, 2.24) is 4.90 Å². The molecule has 0 unspecified atom stereocenters. The van der Waals surface area contributed by atoms with E-state index in [4.69, 9.17) is 9.47 Å². The van der Waals surface area contributed by atoms with Crippen LogP contribution in [-0.2, 0) is 0 Å². The summed E-state index contributed by atoms with van der Waals surface area (Å²) in [6, 6.07) is 15.7. The molecule has 0 spiro atoms. The zero-order chi connectivity index (χ0) is 17.1. The van der Waals surface area contributed by atoms with Gasteiger partial charge in [0.15, 0.2) is 17.3 Å². The molecular weight excluding hydrogens is 314 g/mol. The third kappa shape index (κ3) is 3.49. The van der Waals surface area contributed by atoms with Crippen LogP contribution in [0.2, 0.25) is 0 Å². The molecule has 2 heterocycles. The minimum Gasteiger partial charge on any atom is -0.458 e. The van der Waals surface area contributed by atoms with Crippen molar-refractivity contribution in [3.63, 3.8) is 0 Å². The minimum atomic E-state index is 0.120. The highest BCUT2D eigenvalue weighted by molar-refractivity contribution is 5.96. The molecule has 126 valence electrons. The van der Waals surface area contributed by atoms with Gasteiger partial charge in [0, 0.05) is 31.6 Å². The lowest BCUT2D eigenvalue weighted by molar-refractivity contribution is 0.0969. The van der Waals surface area contributed by atoms with Crippen molar-refractivity contribution >= 4 is 11.4 Å². The van der Waals surface area contributed by atoms with Crippen LogP contribution in [0.25, 0.3) is 5.57 Å². The number of Topliss-reactive ketones (excluding diaryl/α,β-unsaturated/α-hetero) is 1. The van der Waals surface area contributed by atoms with Gasteiger partial charge in [-0.25, -0.2) is 0 Å². The predicted molar refractivity (Wildman–Crippen MR) is 96.6 cm³/mol. The maximum Gasteiger partial charge on any atom is 0.169 e. The summed E-state index contributed by atoms with van der Waals surface area (Å²) in [5, 5.41) is 0. The van der Waals surface area contributed by atoms with Crippen LogP contribution in [0.5, 0.6) is 11.5 Å². The number of rotatable bonds is 5. The van der Waals surface area contributed by atoms with E-state index >= 15 is 0 Å². The Morgan fingerprint density at radius 1 is 1.00 bits per heavy atom. The van der Waals surface area contributed by atoms with E-state index in [1.54, 1.807) is 18.2 Å². The Bertz CT molecular complexity index is 839. The molecule has 4 heteroatoms. The summed E-state index contributed by atoms with van der Waals surface area (Å²) in [4.78, 5) is 14.8. The van der Waals surface area contributed by atoms with E-state index in [2.05, 4.69) is 35.2 Å². The fourth-order valence-corrected chi connectivity index (χ4v) is 3.12. The first-order valence-corrected chi connectivity index (χ1v) is 8.42. The van der Waals surface area contributed by atoms with Crippen molar-refractivity contribution in [2.45, 2.75) is 6.42 Å². The molecule has 25 heavy (non-hydrogen) atoms. The Morgan fingerprint density at radius 3 is 2.64 bits per heavy atom. The quantitative estimate of drug-likeness (QED) is 0.778. The van der Waals surface area contributed by atoms with Gasteiger partial charge in [0.25, 0.3) is 0 Å². The molecule has 0 radical (unpaired) electrons. The van der Waals surface area contributed by atoms with E-state index in [1.807, 2.05) is 6.07 Å². The fourth-order valence-electron chi connectivity index (χ4n) is 3.12. The van der Waals surface area contributed by atoms with E-state index in [-0.39, 0.29) is 5.78 Å². The lowest BCUT2D eigenvalue weighted by Gasteiger charge is -2.16. The summed E-state index contributed by atoms with van der Waals surface area (Å²) in [5.41, 5.74) is 3.25. The normalized spacial score (nSPS) is 15.9. The molecule has 2 aliphatic heterocycles. The second kappa shape index (κ2) is 6.95. The van der Waals surface area contributed by atoms with E-state index < -0.39 is 0 Å². The molecule has 0 amide bonds. The highest BCUT2D eigenvalue weighted by Gasteiger charge is 2.18. The van der Waals surface area contributed by atoms with Crippen LogP contribution in [0.4, 0.5) is 0 Å². The number of carbonyl (C=O) groups is 1. The largest absolute Gasteiger partial charge is 0.458 e. The Morgan fingerprint density at radius 2 is 1.80 bits per heavy atom. The Labute approximate surface area is 147 Å². The van der Waals surface area contributed by atoms with Gasteiger partial charge in [0.2, 0.25) is 0 Å². The van der Waals surface area contributed by atoms with Gasteiger partial charge in [-0.1, -0.05) is 36.4 Å². The second-order valence-corrected chi connectivity index (χ2v) is 6.17. The molecule has 0 bridgehead atoms. The number of nitrogens with zero attached hydrogens (tertiary/aromatic N) is 1. The molecule has 2 aliphatic rings. The first-order valence-electron chi connectivity index (χ1n) is 8.42. The average Bonchev–Trinajstić information content (AvgIpc) is 3.15. The van der Waals surface area contributed by atoms with Crippen LogP contribution in [-0.4, -0.2) is 30.3 Å². The van der Waals surface area contributed by atoms with Gasteiger partial charge in [-0.2, -0.15) is 0 Å². The van der Waals surface area contributed by atoms with Crippen LogP contribution >= 0.6 is 0 Å². The Balaban J connectivity index is 1.33. The zero-order valence-corrected chi connectivity index (χ0v) is 13.9. The summed E-state index contributed by atoms with van der Waals surface area (Å²) in [6.07, 6.45) is 5.69. The molecule has 4 rings (SSSR count). The monoisotopic (exact) mass is 333 g/mol. The summed E-state index contributed by atoms with van der Waals surface area (Å²) in [7, 11) is 0. The highest BCUT2D eigenvalue weighted by Crippen LogP contribution is 2.31. The minimum absolute atomic E-state index is 0.120. The fraction of sp³-hybridized carbons (Fsp3) is 0.190. The number of hydrogen-bond donors (Lipinski definition) is 0. The maximum atomic E-state index is 12.5. The molecule has 0 atom stereocenters.